The molecule has 0 saturated carbocycles. The van der Waals surface area contributed by atoms with Gasteiger partial charge in [-0.05, 0) is 32.4 Å². The molecule has 2 aromatic heterocycles. The highest BCUT2D eigenvalue weighted by molar-refractivity contribution is 7.98. The number of hydrogen-bond donors (Lipinski definition) is 1. The van der Waals surface area contributed by atoms with E-state index < -0.39 is 10.0 Å². The normalized spacial score (nSPS) is 12.2. The van der Waals surface area contributed by atoms with Crippen molar-refractivity contribution in [2.24, 2.45) is 5.92 Å². The van der Waals surface area contributed by atoms with Crippen molar-refractivity contribution < 1.29 is 12.9 Å². The predicted molar refractivity (Wildman–Crippen MR) is 96.1 cm³/mol. The Morgan fingerprint density at radius 1 is 1.28 bits per heavy atom. The van der Waals surface area contributed by atoms with Crippen LogP contribution in [-0.2, 0) is 23.0 Å². The fourth-order valence-electron chi connectivity index (χ4n) is 2.59. The smallest absolute Gasteiger partial charge is 0.245 e. The lowest BCUT2D eigenvalue weighted by Crippen LogP contribution is -2.26. The number of rotatable bonds is 9. The van der Waals surface area contributed by atoms with E-state index in [4.69, 9.17) is 4.52 Å². The Morgan fingerprint density at radius 2 is 2.00 bits per heavy atom. The zero-order valence-corrected chi connectivity index (χ0v) is 16.9. The molecule has 0 bridgehead atoms. The molecular weight excluding hydrogens is 362 g/mol. The third kappa shape index (κ3) is 4.83. The summed E-state index contributed by atoms with van der Waals surface area (Å²) in [4.78, 5) is 0.125. The Balaban J connectivity index is 1.97. The Kier molecular flexibility index (Phi) is 6.64. The summed E-state index contributed by atoms with van der Waals surface area (Å²) in [6.07, 6.45) is 3.26. The molecule has 0 unspecified atom stereocenters. The summed E-state index contributed by atoms with van der Waals surface area (Å²) in [5.41, 5.74) is 0.367. The number of aromatic nitrogens is 4. The second-order valence-corrected chi connectivity index (χ2v) is 8.74. The topological polar surface area (TPSA) is 103 Å². The van der Waals surface area contributed by atoms with Gasteiger partial charge in [0.15, 0.2) is 10.9 Å². The maximum absolute atomic E-state index is 12.4. The highest BCUT2D eigenvalue weighted by Crippen LogP contribution is 2.19. The van der Waals surface area contributed by atoms with Crippen LogP contribution >= 0.6 is 11.8 Å². The molecule has 0 atom stereocenters. The molecule has 2 aromatic rings. The van der Waals surface area contributed by atoms with E-state index in [0.717, 1.165) is 17.5 Å². The van der Waals surface area contributed by atoms with Gasteiger partial charge < -0.3 is 9.09 Å². The van der Waals surface area contributed by atoms with E-state index in [0.29, 0.717) is 36.8 Å². The largest absolute Gasteiger partial charge is 0.360 e. The Labute approximate surface area is 152 Å². The third-order valence-corrected chi connectivity index (χ3v) is 6.00. The van der Waals surface area contributed by atoms with Crippen LogP contribution in [0, 0.1) is 19.8 Å². The molecule has 8 nitrogen and oxygen atoms in total. The van der Waals surface area contributed by atoms with E-state index in [1.165, 1.54) is 0 Å². The van der Waals surface area contributed by atoms with Gasteiger partial charge in [-0.1, -0.05) is 30.8 Å². The monoisotopic (exact) mass is 387 g/mol. The summed E-state index contributed by atoms with van der Waals surface area (Å²) in [6.45, 7) is 8.66. The summed E-state index contributed by atoms with van der Waals surface area (Å²) in [5.74, 6) is 1.67. The van der Waals surface area contributed by atoms with E-state index >= 15 is 0 Å². The van der Waals surface area contributed by atoms with Crippen molar-refractivity contribution in [1.82, 2.24) is 24.6 Å². The first kappa shape index (κ1) is 19.9. The van der Waals surface area contributed by atoms with Gasteiger partial charge in [0, 0.05) is 19.5 Å². The Hall–Kier alpha value is -1.39. The average molecular weight is 388 g/mol. The van der Waals surface area contributed by atoms with Crippen LogP contribution in [0.1, 0.15) is 37.5 Å². The molecule has 2 rings (SSSR count). The van der Waals surface area contributed by atoms with Crippen LogP contribution in [0.5, 0.6) is 0 Å². The maximum Gasteiger partial charge on any atom is 0.245 e. The van der Waals surface area contributed by atoms with Crippen molar-refractivity contribution >= 4 is 21.8 Å². The van der Waals surface area contributed by atoms with Crippen molar-refractivity contribution in [3.05, 3.63) is 17.3 Å². The van der Waals surface area contributed by atoms with Crippen molar-refractivity contribution in [2.45, 2.75) is 57.1 Å². The summed E-state index contributed by atoms with van der Waals surface area (Å²) in [6, 6.07) is 0. The van der Waals surface area contributed by atoms with Gasteiger partial charge in [0.25, 0.3) is 0 Å². The van der Waals surface area contributed by atoms with Gasteiger partial charge in [-0.2, -0.15) is 0 Å². The second-order valence-electron chi connectivity index (χ2n) is 6.26. The van der Waals surface area contributed by atoms with Gasteiger partial charge in [0.2, 0.25) is 10.0 Å². The van der Waals surface area contributed by atoms with Crippen molar-refractivity contribution in [2.75, 3.05) is 12.8 Å². The summed E-state index contributed by atoms with van der Waals surface area (Å²) < 4.78 is 34.4. The lowest BCUT2D eigenvalue weighted by molar-refractivity contribution is 0.390. The third-order valence-electron chi connectivity index (χ3n) is 3.63. The van der Waals surface area contributed by atoms with Crippen LogP contribution in [0.4, 0.5) is 0 Å². The minimum atomic E-state index is -3.61. The number of sulfonamides is 1. The molecule has 0 aliphatic rings. The fourth-order valence-corrected chi connectivity index (χ4v) is 4.51. The molecule has 0 amide bonds. The molecule has 0 spiro atoms. The molecule has 0 aromatic carbocycles. The van der Waals surface area contributed by atoms with Crippen LogP contribution in [0.2, 0.25) is 0 Å². The first-order valence-corrected chi connectivity index (χ1v) is 10.9. The van der Waals surface area contributed by atoms with E-state index in [1.54, 1.807) is 25.6 Å². The number of hydrogen-bond acceptors (Lipinski definition) is 7. The van der Waals surface area contributed by atoms with Gasteiger partial charge in [0.1, 0.15) is 16.4 Å². The molecule has 0 radical (unpaired) electrons. The SMILES string of the molecule is CSc1nnc(CCCNS(=O)(=O)c2c(C)noc2C)n1CC(C)C. The molecule has 10 heteroatoms. The minimum Gasteiger partial charge on any atom is -0.360 e. The van der Waals surface area contributed by atoms with Crippen LogP contribution in [0.15, 0.2) is 14.6 Å². The molecule has 0 aliphatic heterocycles. The van der Waals surface area contributed by atoms with E-state index in [9.17, 15) is 8.42 Å². The van der Waals surface area contributed by atoms with Gasteiger partial charge in [-0.25, -0.2) is 13.1 Å². The second kappa shape index (κ2) is 8.33. The number of thioether (sulfide) groups is 1. The molecule has 0 saturated heterocycles. The van der Waals surface area contributed by atoms with E-state index in [2.05, 4.69) is 38.5 Å². The lowest BCUT2D eigenvalue weighted by atomic mass is 10.2. The standard InChI is InChI=1S/C15H25N5O3S2/c1-10(2)9-20-13(17-18-15(20)24-5)7-6-8-16-25(21,22)14-11(3)19-23-12(14)4/h10,16H,6-9H2,1-5H3. The Morgan fingerprint density at radius 3 is 2.56 bits per heavy atom. The Bertz CT molecular complexity index is 792. The van der Waals surface area contributed by atoms with Crippen LogP contribution in [0.25, 0.3) is 0 Å². The molecular formula is C15H25N5O3S2. The molecule has 25 heavy (non-hydrogen) atoms. The van der Waals surface area contributed by atoms with Crippen LogP contribution < -0.4 is 4.72 Å². The van der Waals surface area contributed by atoms with Gasteiger partial charge in [0.05, 0.1) is 0 Å². The van der Waals surface area contributed by atoms with E-state index in [1.807, 2.05) is 6.26 Å². The number of nitrogens with zero attached hydrogens (tertiary/aromatic N) is 4. The predicted octanol–water partition coefficient (Wildman–Crippen LogP) is 2.17. The summed E-state index contributed by atoms with van der Waals surface area (Å²) in [7, 11) is -3.61. The fraction of sp³-hybridized carbons (Fsp3) is 0.667. The zero-order chi connectivity index (χ0) is 18.6. The van der Waals surface area contributed by atoms with Gasteiger partial charge in [-0.15, -0.1) is 10.2 Å². The van der Waals surface area contributed by atoms with Crippen LogP contribution in [-0.4, -0.2) is 41.1 Å². The maximum atomic E-state index is 12.4. The van der Waals surface area contributed by atoms with Crippen molar-refractivity contribution in [3.8, 4) is 0 Å². The minimum absolute atomic E-state index is 0.125. The summed E-state index contributed by atoms with van der Waals surface area (Å²) in [5, 5.41) is 13.0. The number of nitrogens with one attached hydrogen (secondary N) is 1. The highest BCUT2D eigenvalue weighted by Gasteiger charge is 2.23. The van der Waals surface area contributed by atoms with Crippen molar-refractivity contribution in [3.63, 3.8) is 0 Å². The first-order chi connectivity index (χ1) is 11.8. The average Bonchev–Trinajstić information content (AvgIpc) is 3.06. The molecule has 1 N–H and O–H groups in total. The quantitative estimate of drug-likeness (QED) is 0.519. The van der Waals surface area contributed by atoms with Gasteiger partial charge >= 0.3 is 0 Å². The molecule has 2 heterocycles. The lowest BCUT2D eigenvalue weighted by Gasteiger charge is -2.11. The van der Waals surface area contributed by atoms with Gasteiger partial charge in [-0.3, -0.25) is 0 Å². The van der Waals surface area contributed by atoms with E-state index in [-0.39, 0.29) is 4.90 Å². The molecule has 0 fully saturated rings. The first-order valence-electron chi connectivity index (χ1n) is 8.14. The summed E-state index contributed by atoms with van der Waals surface area (Å²) >= 11 is 1.56. The number of aryl methyl sites for hydroxylation is 3. The van der Waals surface area contributed by atoms with Crippen molar-refractivity contribution in [1.29, 1.82) is 0 Å². The molecule has 140 valence electrons. The highest BCUT2D eigenvalue weighted by atomic mass is 32.2. The van der Waals surface area contributed by atoms with Crippen LogP contribution in [0.3, 0.4) is 0 Å². The molecule has 0 aliphatic carbocycles. The zero-order valence-electron chi connectivity index (χ0n) is 15.2.